The molecule has 1 unspecified atom stereocenters. The van der Waals surface area contributed by atoms with Crippen molar-refractivity contribution in [3.05, 3.63) is 0 Å². The molecule has 25 heteroatoms. The summed E-state index contributed by atoms with van der Waals surface area (Å²) >= 11 is 0. The third-order valence-corrected chi connectivity index (χ3v) is 9.35. The number of carbonyl (C=O) groups is 6. The van der Waals surface area contributed by atoms with E-state index in [1.165, 1.54) is 0 Å². The molecule has 0 aromatic carbocycles. The molecule has 0 aliphatic heterocycles. The van der Waals surface area contributed by atoms with Gasteiger partial charge < -0.3 is 89.1 Å². The predicted octanol–water partition coefficient (Wildman–Crippen LogP) is -0.106. The molecule has 0 rings (SSSR count). The summed E-state index contributed by atoms with van der Waals surface area (Å²) in [5.41, 5.74) is 0. The Bertz CT molecular complexity index is 1290. The molecule has 0 heterocycles. The molecule has 0 spiro atoms. The van der Waals surface area contributed by atoms with Gasteiger partial charge in [-0.05, 0) is 38.6 Å². The van der Waals surface area contributed by atoms with Gasteiger partial charge in [-0.2, -0.15) is 0 Å². The van der Waals surface area contributed by atoms with Crippen molar-refractivity contribution in [3.63, 3.8) is 0 Å². The van der Waals surface area contributed by atoms with Gasteiger partial charge in [0.15, 0.2) is 0 Å². The van der Waals surface area contributed by atoms with Gasteiger partial charge in [-0.25, -0.2) is 14.4 Å². The van der Waals surface area contributed by atoms with Crippen LogP contribution in [0, 0.1) is 0 Å². The van der Waals surface area contributed by atoms with Gasteiger partial charge in [0.05, 0.1) is 132 Å². The highest BCUT2D eigenvalue weighted by Gasteiger charge is 2.25. The van der Waals surface area contributed by atoms with Gasteiger partial charge in [-0.3, -0.25) is 19.7 Å². The summed E-state index contributed by atoms with van der Waals surface area (Å²) in [6, 6.07) is -3.98. The van der Waals surface area contributed by atoms with Crippen LogP contribution in [0.15, 0.2) is 0 Å². The Morgan fingerprint density at radius 1 is 0.406 bits per heavy atom. The lowest BCUT2D eigenvalue weighted by atomic mass is 10.1. The molecule has 0 saturated heterocycles. The zero-order valence-electron chi connectivity index (χ0n) is 40.6. The SMILES string of the molecule is CCC(=O)NCCOCCOCCOCCOCCOCCOCCOCCOCCOCCOCCNC(=O)CCCCCCCNC(O)CC[C@H](NC(=O)N[C@@H](CCC(=O)O)C(=O)O)C(=O)O. The molecular weight excluding hydrogens is 918 g/mol. The summed E-state index contributed by atoms with van der Waals surface area (Å²) in [5.74, 6) is -4.11. The maximum absolute atomic E-state index is 12.1. The van der Waals surface area contributed by atoms with Crippen molar-refractivity contribution in [2.24, 2.45) is 0 Å². The van der Waals surface area contributed by atoms with Crippen molar-refractivity contribution < 1.29 is 96.6 Å². The molecule has 404 valence electrons. The monoisotopic (exact) mass is 1000 g/mol. The largest absolute Gasteiger partial charge is 0.481 e. The highest BCUT2D eigenvalue weighted by molar-refractivity contribution is 5.86. The van der Waals surface area contributed by atoms with Crippen LogP contribution in [0.2, 0.25) is 0 Å². The molecular formula is C44H83N5O20. The molecule has 0 saturated carbocycles. The average Bonchev–Trinajstić information content (AvgIpc) is 3.32. The highest BCUT2D eigenvalue weighted by Crippen LogP contribution is 2.07. The number of carboxylic acids is 3. The zero-order valence-corrected chi connectivity index (χ0v) is 40.6. The van der Waals surface area contributed by atoms with Crippen molar-refractivity contribution in [3.8, 4) is 0 Å². The van der Waals surface area contributed by atoms with E-state index < -0.39 is 48.7 Å². The summed E-state index contributed by atoms with van der Waals surface area (Å²) in [5, 5.41) is 50.1. The Labute approximate surface area is 405 Å². The van der Waals surface area contributed by atoms with Crippen molar-refractivity contribution in [1.82, 2.24) is 26.6 Å². The van der Waals surface area contributed by atoms with E-state index in [-0.39, 0.29) is 31.1 Å². The maximum atomic E-state index is 12.1. The fourth-order valence-corrected chi connectivity index (χ4v) is 5.60. The summed E-state index contributed by atoms with van der Waals surface area (Å²) in [7, 11) is 0. The number of rotatable bonds is 53. The van der Waals surface area contributed by atoms with Gasteiger partial charge in [0.2, 0.25) is 11.8 Å². The molecule has 0 bridgehead atoms. The first-order valence-electron chi connectivity index (χ1n) is 23.9. The highest BCUT2D eigenvalue weighted by atomic mass is 16.6. The normalized spacial score (nSPS) is 12.6. The Hall–Kier alpha value is -3.86. The topological polar surface area (TPSA) is 336 Å². The van der Waals surface area contributed by atoms with Crippen molar-refractivity contribution in [2.75, 3.05) is 152 Å². The van der Waals surface area contributed by atoms with Crippen LogP contribution in [0.25, 0.3) is 0 Å². The molecule has 4 amide bonds. The van der Waals surface area contributed by atoms with Gasteiger partial charge in [0.25, 0.3) is 0 Å². The summed E-state index contributed by atoms with van der Waals surface area (Å²) in [6.45, 7) is 12.2. The smallest absolute Gasteiger partial charge is 0.326 e. The van der Waals surface area contributed by atoms with E-state index in [1.54, 1.807) is 6.92 Å². The third kappa shape index (κ3) is 47.6. The van der Waals surface area contributed by atoms with Crippen LogP contribution >= 0.6 is 0 Å². The number of urea groups is 1. The number of amides is 4. The number of aliphatic hydroxyl groups excluding tert-OH is 1. The molecule has 0 radical (unpaired) electrons. The Morgan fingerprint density at radius 3 is 1.13 bits per heavy atom. The van der Waals surface area contributed by atoms with Gasteiger partial charge in [0, 0.05) is 32.4 Å². The van der Waals surface area contributed by atoms with E-state index in [0.717, 1.165) is 32.1 Å². The average molecular weight is 1000 g/mol. The lowest BCUT2D eigenvalue weighted by molar-refractivity contribution is -0.141. The van der Waals surface area contributed by atoms with Gasteiger partial charge in [-0.1, -0.05) is 26.2 Å². The number of unbranched alkanes of at least 4 members (excludes halogenated alkanes) is 4. The number of ether oxygens (including phenoxy) is 10. The fourth-order valence-electron chi connectivity index (χ4n) is 5.60. The Morgan fingerprint density at radius 2 is 0.754 bits per heavy atom. The maximum Gasteiger partial charge on any atom is 0.326 e. The van der Waals surface area contributed by atoms with Crippen molar-refractivity contribution in [2.45, 2.75) is 95.9 Å². The fraction of sp³-hybridized carbons (Fsp3) is 0.864. The predicted molar refractivity (Wildman–Crippen MR) is 247 cm³/mol. The first kappa shape index (κ1) is 65.1. The van der Waals surface area contributed by atoms with E-state index in [9.17, 15) is 39.0 Å². The van der Waals surface area contributed by atoms with Gasteiger partial charge in [-0.15, -0.1) is 0 Å². The first-order chi connectivity index (χ1) is 33.5. The van der Waals surface area contributed by atoms with Crippen LogP contribution < -0.4 is 26.6 Å². The minimum atomic E-state index is -1.51. The van der Waals surface area contributed by atoms with E-state index in [2.05, 4.69) is 26.6 Å². The molecule has 0 aliphatic carbocycles. The molecule has 0 aromatic heterocycles. The van der Waals surface area contributed by atoms with E-state index in [1.807, 2.05) is 0 Å². The quantitative estimate of drug-likeness (QED) is 0.0284. The van der Waals surface area contributed by atoms with Crippen LogP contribution in [0.5, 0.6) is 0 Å². The lowest BCUT2D eigenvalue weighted by Gasteiger charge is -2.19. The number of aliphatic hydroxyl groups is 1. The van der Waals surface area contributed by atoms with Crippen LogP contribution in [0.3, 0.4) is 0 Å². The summed E-state index contributed by atoms with van der Waals surface area (Å²) < 4.78 is 54.6. The van der Waals surface area contributed by atoms with Crippen LogP contribution in [-0.4, -0.2) is 226 Å². The molecule has 0 aliphatic rings. The first-order valence-corrected chi connectivity index (χ1v) is 23.9. The zero-order chi connectivity index (χ0) is 50.8. The van der Waals surface area contributed by atoms with E-state index in [4.69, 9.17) is 57.6 Å². The molecule has 69 heavy (non-hydrogen) atoms. The number of carboxylic acid groups (broad SMARTS) is 3. The molecule has 0 aromatic rings. The number of hydrogen-bond acceptors (Lipinski definition) is 18. The minimum absolute atomic E-state index is 0.00169. The second-order valence-corrected chi connectivity index (χ2v) is 15.1. The summed E-state index contributed by atoms with van der Waals surface area (Å²) in [6.07, 6.45) is 2.93. The number of aliphatic carboxylic acids is 3. The van der Waals surface area contributed by atoms with Crippen LogP contribution in [0.1, 0.15) is 77.6 Å². The van der Waals surface area contributed by atoms with Crippen LogP contribution in [0.4, 0.5) is 4.79 Å². The third-order valence-electron chi connectivity index (χ3n) is 9.35. The number of hydrogen-bond donors (Lipinski definition) is 9. The molecule has 9 N–H and O–H groups in total. The van der Waals surface area contributed by atoms with E-state index in [0.29, 0.717) is 165 Å². The molecule has 0 fully saturated rings. The second-order valence-electron chi connectivity index (χ2n) is 15.1. The minimum Gasteiger partial charge on any atom is -0.481 e. The molecule has 3 atom stereocenters. The standard InChI is InChI=1S/C44H83N5O20/c1-2-38(50)46-14-16-60-18-20-62-22-24-64-26-28-66-30-32-68-34-35-69-33-31-67-29-27-65-25-23-63-21-19-61-17-15-47-39(51)8-6-4-3-5-7-13-45-40(52)11-9-36(42(55)56)48-44(59)49-37(43(57)58)10-12-41(53)54/h36-37,40,45,52H,2-35H2,1H3,(H,46,50)(H,47,51)(H,53,54)(H,55,56)(H,57,58)(H2,48,49,59)/t36-,37-,40?/m0/s1. The van der Waals surface area contributed by atoms with Crippen LogP contribution in [-0.2, 0) is 71.3 Å². The Kier molecular flexibility index (Phi) is 46.4. The van der Waals surface area contributed by atoms with Gasteiger partial charge >= 0.3 is 23.9 Å². The van der Waals surface area contributed by atoms with Crippen molar-refractivity contribution in [1.29, 1.82) is 0 Å². The number of nitrogens with one attached hydrogen (secondary N) is 5. The lowest BCUT2D eigenvalue weighted by Crippen LogP contribution is -2.51. The molecule has 25 nitrogen and oxygen atoms in total. The van der Waals surface area contributed by atoms with Gasteiger partial charge in [0.1, 0.15) is 18.3 Å². The van der Waals surface area contributed by atoms with E-state index >= 15 is 0 Å². The summed E-state index contributed by atoms with van der Waals surface area (Å²) in [4.78, 5) is 68.8. The Balaban J connectivity index is 3.44. The number of carbonyl (C=O) groups excluding carboxylic acids is 3. The van der Waals surface area contributed by atoms with Crippen molar-refractivity contribution >= 4 is 35.8 Å². The second kappa shape index (κ2) is 49.1.